The number of anilines is 1. The maximum atomic E-state index is 4.03. The van der Waals surface area contributed by atoms with Gasteiger partial charge in [-0.2, -0.15) is 0 Å². The molecule has 4 fully saturated rings. The summed E-state index contributed by atoms with van der Waals surface area (Å²) in [6.07, 6.45) is 10.1. The zero-order valence-corrected chi connectivity index (χ0v) is 12.8. The molecule has 112 valence electrons. The van der Waals surface area contributed by atoms with Gasteiger partial charge in [0.25, 0.3) is 0 Å². The van der Waals surface area contributed by atoms with E-state index in [9.17, 15) is 0 Å². The van der Waals surface area contributed by atoms with Gasteiger partial charge in [-0.3, -0.25) is 0 Å². The number of para-hydroxylation sites is 1. The molecule has 1 aromatic carbocycles. The number of nitrogens with one attached hydrogen (secondary N) is 2. The van der Waals surface area contributed by atoms with Gasteiger partial charge < -0.3 is 10.6 Å². The molecular weight excluding hydrogens is 256 g/mol. The van der Waals surface area contributed by atoms with Crippen molar-refractivity contribution >= 4 is 5.69 Å². The predicted molar refractivity (Wildman–Crippen MR) is 86.4 cm³/mol. The topological polar surface area (TPSA) is 24.1 Å². The summed E-state index contributed by atoms with van der Waals surface area (Å²) < 4.78 is 0. The Morgan fingerprint density at radius 3 is 2.48 bits per heavy atom. The standard InChI is InChI=1S/C19H26N2/c1-2-16-4-5-20-18(16)17(3-1)12-21-19-9-13-6-14(10-19)8-15(7-13)11-19/h1-3,13-15,20-21H,4-12H2. The van der Waals surface area contributed by atoms with E-state index in [0.717, 1.165) is 30.8 Å². The Labute approximate surface area is 127 Å². The smallest absolute Gasteiger partial charge is 0.0419 e. The molecule has 5 aliphatic rings. The second kappa shape index (κ2) is 4.49. The minimum atomic E-state index is 0.482. The SMILES string of the molecule is c1cc2c(c(CNC34CC5CC(CC(C5)C3)C4)c1)NCC2. The van der Waals surface area contributed by atoms with Crippen LogP contribution in [0.1, 0.15) is 49.7 Å². The van der Waals surface area contributed by atoms with E-state index >= 15 is 0 Å². The second-order valence-corrected chi connectivity index (χ2v) is 8.18. The van der Waals surface area contributed by atoms with Crippen molar-refractivity contribution in [2.24, 2.45) is 17.8 Å². The van der Waals surface area contributed by atoms with Crippen molar-refractivity contribution in [1.29, 1.82) is 0 Å². The Morgan fingerprint density at radius 1 is 1.05 bits per heavy atom. The van der Waals surface area contributed by atoms with Crippen LogP contribution < -0.4 is 10.6 Å². The first-order valence-corrected chi connectivity index (χ1v) is 8.89. The maximum Gasteiger partial charge on any atom is 0.0419 e. The molecule has 6 rings (SSSR count). The molecule has 2 N–H and O–H groups in total. The molecule has 0 saturated heterocycles. The fraction of sp³-hybridized carbons (Fsp3) is 0.684. The van der Waals surface area contributed by atoms with Crippen molar-refractivity contribution in [2.75, 3.05) is 11.9 Å². The molecule has 0 unspecified atom stereocenters. The van der Waals surface area contributed by atoms with Crippen LogP contribution in [0.2, 0.25) is 0 Å². The molecule has 4 aliphatic carbocycles. The van der Waals surface area contributed by atoms with E-state index in [1.54, 1.807) is 0 Å². The third-order valence-corrected chi connectivity index (χ3v) is 6.63. The molecule has 1 heterocycles. The van der Waals surface area contributed by atoms with Crippen LogP contribution in [0.25, 0.3) is 0 Å². The third kappa shape index (κ3) is 2.03. The van der Waals surface area contributed by atoms with E-state index in [-0.39, 0.29) is 0 Å². The van der Waals surface area contributed by atoms with Gasteiger partial charge in [0.1, 0.15) is 0 Å². The van der Waals surface area contributed by atoms with Crippen molar-refractivity contribution in [3.63, 3.8) is 0 Å². The van der Waals surface area contributed by atoms with Gasteiger partial charge in [-0.1, -0.05) is 18.2 Å². The number of hydrogen-bond donors (Lipinski definition) is 2. The van der Waals surface area contributed by atoms with Crippen LogP contribution in [0, 0.1) is 17.8 Å². The van der Waals surface area contributed by atoms with E-state index < -0.39 is 0 Å². The minimum Gasteiger partial charge on any atom is -0.384 e. The number of hydrogen-bond acceptors (Lipinski definition) is 2. The summed E-state index contributed by atoms with van der Waals surface area (Å²) in [5.41, 5.74) is 4.91. The normalized spacial score (nSPS) is 39.3. The molecule has 0 aromatic heterocycles. The molecule has 4 saturated carbocycles. The summed E-state index contributed by atoms with van der Waals surface area (Å²) in [5.74, 6) is 3.09. The van der Waals surface area contributed by atoms with Crippen LogP contribution in [0.3, 0.4) is 0 Å². The van der Waals surface area contributed by atoms with Crippen molar-refractivity contribution in [1.82, 2.24) is 5.32 Å². The van der Waals surface area contributed by atoms with E-state index in [2.05, 4.69) is 28.8 Å². The Bertz CT molecular complexity index is 527. The number of rotatable bonds is 3. The first-order valence-electron chi connectivity index (χ1n) is 8.89. The molecule has 21 heavy (non-hydrogen) atoms. The highest BCUT2D eigenvalue weighted by atomic mass is 15.0. The average Bonchev–Trinajstić information content (AvgIpc) is 2.92. The molecule has 2 nitrogen and oxygen atoms in total. The average molecular weight is 282 g/mol. The summed E-state index contributed by atoms with van der Waals surface area (Å²) >= 11 is 0. The molecule has 1 aromatic rings. The van der Waals surface area contributed by atoms with E-state index in [4.69, 9.17) is 0 Å². The molecular formula is C19H26N2. The summed E-state index contributed by atoms with van der Waals surface area (Å²) in [5, 5.41) is 7.62. The van der Waals surface area contributed by atoms with E-state index in [1.807, 2.05) is 0 Å². The lowest BCUT2D eigenvalue weighted by molar-refractivity contribution is -0.0205. The van der Waals surface area contributed by atoms with E-state index in [0.29, 0.717) is 5.54 Å². The molecule has 4 bridgehead atoms. The lowest BCUT2D eigenvalue weighted by Crippen LogP contribution is -2.58. The van der Waals surface area contributed by atoms with Crippen molar-refractivity contribution in [2.45, 2.75) is 57.0 Å². The quantitative estimate of drug-likeness (QED) is 0.883. The highest BCUT2D eigenvalue weighted by molar-refractivity contribution is 5.61. The fourth-order valence-electron chi connectivity index (χ4n) is 6.17. The van der Waals surface area contributed by atoms with Crippen LogP contribution in [0.15, 0.2) is 18.2 Å². The summed E-state index contributed by atoms with van der Waals surface area (Å²) in [4.78, 5) is 0. The predicted octanol–water partition coefficient (Wildman–Crippen LogP) is 3.71. The van der Waals surface area contributed by atoms with Gasteiger partial charge in [0.2, 0.25) is 0 Å². The Balaban J connectivity index is 1.36. The molecule has 1 aliphatic heterocycles. The molecule has 0 spiro atoms. The fourth-order valence-corrected chi connectivity index (χ4v) is 6.17. The monoisotopic (exact) mass is 282 g/mol. The van der Waals surface area contributed by atoms with Crippen LogP contribution >= 0.6 is 0 Å². The second-order valence-electron chi connectivity index (χ2n) is 8.18. The highest BCUT2D eigenvalue weighted by Gasteiger charge is 2.50. The van der Waals surface area contributed by atoms with Gasteiger partial charge in [-0.15, -0.1) is 0 Å². The van der Waals surface area contributed by atoms with Crippen molar-refractivity contribution in [3.05, 3.63) is 29.3 Å². The zero-order valence-electron chi connectivity index (χ0n) is 12.8. The molecule has 2 heteroatoms. The Morgan fingerprint density at radius 2 is 1.76 bits per heavy atom. The third-order valence-electron chi connectivity index (χ3n) is 6.63. The van der Waals surface area contributed by atoms with Crippen molar-refractivity contribution in [3.8, 4) is 0 Å². The van der Waals surface area contributed by atoms with Gasteiger partial charge in [-0.05, 0) is 73.8 Å². The van der Waals surface area contributed by atoms with E-state index in [1.165, 1.54) is 61.8 Å². The van der Waals surface area contributed by atoms with Crippen LogP contribution in [-0.4, -0.2) is 12.1 Å². The van der Waals surface area contributed by atoms with Gasteiger partial charge in [0, 0.05) is 24.3 Å². The van der Waals surface area contributed by atoms with Crippen molar-refractivity contribution < 1.29 is 0 Å². The number of fused-ring (bicyclic) bond motifs is 1. The largest absolute Gasteiger partial charge is 0.384 e. The molecule has 0 amide bonds. The lowest BCUT2D eigenvalue weighted by Gasteiger charge is -2.57. The zero-order chi connectivity index (χ0) is 13.9. The molecule has 0 atom stereocenters. The van der Waals surface area contributed by atoms with Crippen LogP contribution in [0.5, 0.6) is 0 Å². The lowest BCUT2D eigenvalue weighted by atomic mass is 9.53. The molecule has 0 radical (unpaired) electrons. The maximum absolute atomic E-state index is 4.03. The summed E-state index contributed by atoms with van der Waals surface area (Å²) in [6.45, 7) is 2.17. The summed E-state index contributed by atoms with van der Waals surface area (Å²) in [6, 6.07) is 6.83. The summed E-state index contributed by atoms with van der Waals surface area (Å²) in [7, 11) is 0. The van der Waals surface area contributed by atoms with Gasteiger partial charge in [0.05, 0.1) is 0 Å². The first kappa shape index (κ1) is 12.5. The van der Waals surface area contributed by atoms with Gasteiger partial charge in [0.15, 0.2) is 0 Å². The number of benzene rings is 1. The van der Waals surface area contributed by atoms with Crippen LogP contribution in [-0.2, 0) is 13.0 Å². The highest BCUT2D eigenvalue weighted by Crippen LogP contribution is 2.55. The Hall–Kier alpha value is -1.02. The minimum absolute atomic E-state index is 0.482. The Kier molecular flexibility index (Phi) is 2.67. The van der Waals surface area contributed by atoms with Crippen LogP contribution in [0.4, 0.5) is 5.69 Å². The first-order chi connectivity index (χ1) is 10.3. The van der Waals surface area contributed by atoms with Gasteiger partial charge in [-0.25, -0.2) is 0 Å². The van der Waals surface area contributed by atoms with Gasteiger partial charge >= 0.3 is 0 Å².